The zero-order valence-electron chi connectivity index (χ0n) is 17.5. The quantitative estimate of drug-likeness (QED) is 0.263. The van der Waals surface area contributed by atoms with Crippen LogP contribution in [0.1, 0.15) is 38.3 Å². The number of rotatable bonds is 9. The van der Waals surface area contributed by atoms with E-state index in [9.17, 15) is 29.8 Å². The van der Waals surface area contributed by atoms with Gasteiger partial charge in [-0.05, 0) is 19.9 Å². The lowest BCUT2D eigenvalue weighted by Crippen LogP contribution is -2.35. The van der Waals surface area contributed by atoms with E-state index in [1.165, 1.54) is 42.8 Å². The lowest BCUT2D eigenvalue weighted by atomic mass is 10.1. The first-order valence-electron chi connectivity index (χ1n) is 9.49. The molecule has 0 bridgehead atoms. The van der Waals surface area contributed by atoms with Crippen LogP contribution < -0.4 is 10.6 Å². The largest absolute Gasteiger partial charge is 0.350 e. The van der Waals surface area contributed by atoms with E-state index in [4.69, 9.17) is 4.52 Å². The first-order valence-corrected chi connectivity index (χ1v) is 9.49. The summed E-state index contributed by atoms with van der Waals surface area (Å²) < 4.78 is 6.23. The monoisotopic (exact) mass is 458 g/mol. The predicted molar refractivity (Wildman–Crippen MR) is 110 cm³/mol. The number of nitro benzene ring substituents is 1. The van der Waals surface area contributed by atoms with E-state index in [1.807, 2.05) is 0 Å². The van der Waals surface area contributed by atoms with Crippen LogP contribution in [0.25, 0.3) is 0 Å². The smallest absolute Gasteiger partial charge is 0.316 e. The minimum atomic E-state index is -0.701. The molecule has 3 aromatic rings. The summed E-state index contributed by atoms with van der Waals surface area (Å²) in [6.45, 7) is 2.98. The first-order chi connectivity index (χ1) is 15.7. The van der Waals surface area contributed by atoms with Crippen LogP contribution in [-0.2, 0) is 6.54 Å². The summed E-state index contributed by atoms with van der Waals surface area (Å²) in [7, 11) is 0. The van der Waals surface area contributed by atoms with Gasteiger partial charge in [0, 0.05) is 19.2 Å². The zero-order valence-corrected chi connectivity index (χ0v) is 17.5. The number of hydrogen-bond donors (Lipinski definition) is 2. The average Bonchev–Trinajstić information content (AvgIpc) is 3.35. The Morgan fingerprint density at radius 3 is 2.36 bits per heavy atom. The zero-order chi connectivity index (χ0) is 24.1. The molecule has 15 heteroatoms. The highest BCUT2D eigenvalue weighted by Crippen LogP contribution is 2.22. The molecule has 0 unspecified atom stereocenters. The molecule has 0 spiro atoms. The molecular formula is C18H18N8O7. The van der Waals surface area contributed by atoms with Crippen molar-refractivity contribution in [2.45, 2.75) is 20.4 Å². The SMILES string of the molecule is Cc1nn(Cc2noc(C(=O)NCCNC(=O)c3ccccc3[N+](=O)[O-])n2)c(C)c1[N+](=O)[O-]. The van der Waals surface area contributed by atoms with Gasteiger partial charge in [-0.25, -0.2) is 0 Å². The number of nitrogens with zero attached hydrogens (tertiary/aromatic N) is 6. The van der Waals surface area contributed by atoms with Gasteiger partial charge in [-0.1, -0.05) is 17.3 Å². The number of nitrogens with one attached hydrogen (secondary N) is 2. The number of para-hydroxylation sites is 1. The van der Waals surface area contributed by atoms with Crippen molar-refractivity contribution in [2.24, 2.45) is 0 Å². The number of carbonyl (C=O) groups is 2. The van der Waals surface area contributed by atoms with Crippen molar-refractivity contribution >= 4 is 23.2 Å². The number of aryl methyl sites for hydroxylation is 1. The van der Waals surface area contributed by atoms with Gasteiger partial charge in [-0.15, -0.1) is 0 Å². The molecule has 2 amide bonds. The molecule has 33 heavy (non-hydrogen) atoms. The second-order valence-corrected chi connectivity index (χ2v) is 6.74. The standard InChI is InChI=1S/C18H18N8O7/c1-10-15(26(31)32)11(2)24(22-10)9-14-21-18(33-23-14)17(28)20-8-7-19-16(27)12-5-3-4-6-13(12)25(29)30/h3-6H,7-9H2,1-2H3,(H,19,27)(H,20,28). The van der Waals surface area contributed by atoms with Gasteiger partial charge >= 0.3 is 17.5 Å². The van der Waals surface area contributed by atoms with Gasteiger partial charge in [0.15, 0.2) is 5.82 Å². The summed E-state index contributed by atoms with van der Waals surface area (Å²) in [5.41, 5.74) is 0.00834. The van der Waals surface area contributed by atoms with Gasteiger partial charge in [0.2, 0.25) is 0 Å². The van der Waals surface area contributed by atoms with Crippen molar-refractivity contribution in [1.82, 2.24) is 30.6 Å². The third kappa shape index (κ3) is 5.15. The summed E-state index contributed by atoms with van der Waals surface area (Å²) in [5.74, 6) is -1.61. The highest BCUT2D eigenvalue weighted by atomic mass is 16.6. The van der Waals surface area contributed by atoms with Crippen molar-refractivity contribution in [1.29, 1.82) is 0 Å². The Bertz CT molecular complexity index is 1230. The molecule has 0 aliphatic carbocycles. The van der Waals surface area contributed by atoms with Gasteiger partial charge in [0.05, 0.1) is 9.85 Å². The van der Waals surface area contributed by atoms with Crippen LogP contribution in [0.5, 0.6) is 0 Å². The number of hydrogen-bond acceptors (Lipinski definition) is 10. The molecule has 2 N–H and O–H groups in total. The maximum atomic E-state index is 12.2. The first kappa shape index (κ1) is 23.0. The Hall–Kier alpha value is -4.69. The molecule has 0 aliphatic heterocycles. The lowest BCUT2D eigenvalue weighted by Gasteiger charge is -2.06. The molecule has 0 radical (unpaired) electrons. The summed E-state index contributed by atoms with van der Waals surface area (Å²) in [6.07, 6.45) is 0. The van der Waals surface area contributed by atoms with E-state index in [2.05, 4.69) is 25.9 Å². The van der Waals surface area contributed by atoms with Crippen LogP contribution in [0.3, 0.4) is 0 Å². The molecule has 0 fully saturated rings. The van der Waals surface area contributed by atoms with E-state index in [0.717, 1.165) is 0 Å². The second kappa shape index (κ2) is 9.63. The molecule has 2 heterocycles. The van der Waals surface area contributed by atoms with E-state index in [1.54, 1.807) is 0 Å². The average molecular weight is 458 g/mol. The molecule has 0 saturated carbocycles. The Labute approximate surface area is 185 Å². The number of amides is 2. The number of aromatic nitrogens is 4. The highest BCUT2D eigenvalue weighted by molar-refractivity contribution is 5.98. The van der Waals surface area contributed by atoms with Gasteiger partial charge in [-0.2, -0.15) is 10.1 Å². The maximum Gasteiger partial charge on any atom is 0.316 e. The molecule has 3 rings (SSSR count). The molecule has 0 saturated heterocycles. The number of nitro groups is 2. The minimum Gasteiger partial charge on any atom is -0.350 e. The molecule has 172 valence electrons. The van der Waals surface area contributed by atoms with Crippen LogP contribution in [0.4, 0.5) is 11.4 Å². The molecule has 15 nitrogen and oxygen atoms in total. The fourth-order valence-electron chi connectivity index (χ4n) is 3.00. The third-order valence-electron chi connectivity index (χ3n) is 4.52. The van der Waals surface area contributed by atoms with E-state index in [0.29, 0.717) is 5.69 Å². The summed E-state index contributed by atoms with van der Waals surface area (Å²) in [4.78, 5) is 49.1. The van der Waals surface area contributed by atoms with Gasteiger partial charge < -0.3 is 15.2 Å². The van der Waals surface area contributed by atoms with E-state index >= 15 is 0 Å². The number of benzene rings is 1. The predicted octanol–water partition coefficient (Wildman–Crippen LogP) is 0.907. The molecule has 2 aromatic heterocycles. The second-order valence-electron chi connectivity index (χ2n) is 6.74. The van der Waals surface area contributed by atoms with E-state index in [-0.39, 0.29) is 54.0 Å². The molecule has 0 atom stereocenters. The van der Waals surface area contributed by atoms with Crippen molar-refractivity contribution in [3.63, 3.8) is 0 Å². The minimum absolute atomic E-state index is 0.00690. The van der Waals surface area contributed by atoms with Crippen molar-refractivity contribution < 1.29 is 24.0 Å². The Morgan fingerprint density at radius 2 is 1.73 bits per heavy atom. The Kier molecular flexibility index (Phi) is 6.71. The van der Waals surface area contributed by atoms with Crippen LogP contribution in [0.2, 0.25) is 0 Å². The van der Waals surface area contributed by atoms with Crippen molar-refractivity contribution in [2.75, 3.05) is 13.1 Å². The van der Waals surface area contributed by atoms with Crippen LogP contribution >= 0.6 is 0 Å². The summed E-state index contributed by atoms with van der Waals surface area (Å²) in [5, 5.41) is 34.8. The lowest BCUT2D eigenvalue weighted by molar-refractivity contribution is -0.386. The van der Waals surface area contributed by atoms with Gasteiger partial charge in [0.25, 0.3) is 11.6 Å². The molecular weight excluding hydrogens is 440 g/mol. The van der Waals surface area contributed by atoms with Gasteiger partial charge in [-0.3, -0.25) is 34.5 Å². The highest BCUT2D eigenvalue weighted by Gasteiger charge is 2.23. The maximum absolute atomic E-state index is 12.2. The van der Waals surface area contributed by atoms with Gasteiger partial charge in [0.1, 0.15) is 23.5 Å². The Balaban J connectivity index is 1.53. The fraction of sp³-hybridized carbons (Fsp3) is 0.278. The Morgan fingerprint density at radius 1 is 1.06 bits per heavy atom. The van der Waals surface area contributed by atoms with Crippen LogP contribution in [0, 0.1) is 34.1 Å². The topological polar surface area (TPSA) is 201 Å². The fourth-order valence-corrected chi connectivity index (χ4v) is 3.00. The number of carbonyl (C=O) groups excluding carboxylic acids is 2. The molecule has 1 aromatic carbocycles. The third-order valence-corrected chi connectivity index (χ3v) is 4.52. The molecule has 0 aliphatic rings. The van der Waals surface area contributed by atoms with E-state index < -0.39 is 21.7 Å². The van der Waals surface area contributed by atoms with Crippen LogP contribution in [-0.4, -0.2) is 54.7 Å². The van der Waals surface area contributed by atoms with Crippen molar-refractivity contribution in [3.05, 3.63) is 73.2 Å². The summed E-state index contributed by atoms with van der Waals surface area (Å²) in [6, 6.07) is 5.49. The van der Waals surface area contributed by atoms with Crippen LogP contribution in [0.15, 0.2) is 28.8 Å². The summed E-state index contributed by atoms with van der Waals surface area (Å²) >= 11 is 0. The van der Waals surface area contributed by atoms with Crippen molar-refractivity contribution in [3.8, 4) is 0 Å². The normalized spacial score (nSPS) is 10.6.